The van der Waals surface area contributed by atoms with E-state index in [1.54, 1.807) is 24.3 Å². The Hall–Kier alpha value is -1.61. The number of pyridine rings is 1. The highest BCUT2D eigenvalue weighted by Crippen LogP contribution is 2.24. The van der Waals surface area contributed by atoms with Gasteiger partial charge in [0.05, 0.1) is 17.4 Å². The van der Waals surface area contributed by atoms with Gasteiger partial charge in [0, 0.05) is 11.5 Å². The first-order valence-electron chi connectivity index (χ1n) is 4.51. The molecule has 2 aromatic rings. The molecule has 0 saturated carbocycles. The summed E-state index contributed by atoms with van der Waals surface area (Å²) < 4.78 is 1.22. The smallest absolute Gasteiger partial charge is 0.201 e. The lowest BCUT2D eigenvalue weighted by Crippen LogP contribution is -2.17. The fraction of sp³-hybridized carbons (Fsp3) is 0. The number of fused-ring (bicyclic) bond motifs is 1. The largest absolute Gasteiger partial charge is 0.508 e. The van der Waals surface area contributed by atoms with E-state index in [1.165, 1.54) is 10.9 Å². The Bertz CT molecular complexity index is 562. The molecule has 2 rings (SSSR count). The molecule has 4 nitrogen and oxygen atoms in total. The number of aromatic nitrogens is 1. The number of phenols is 1. The Morgan fingerprint density at radius 3 is 2.88 bits per heavy atom. The van der Waals surface area contributed by atoms with Crippen LogP contribution in [0.3, 0.4) is 0 Å². The number of rotatable bonds is 1. The van der Waals surface area contributed by atoms with Crippen LogP contribution in [0.25, 0.3) is 10.9 Å². The Balaban J connectivity index is 2.52. The molecule has 1 unspecified atom stereocenters. The zero-order chi connectivity index (χ0) is 11.7. The second-order valence-electron chi connectivity index (χ2n) is 3.28. The molecule has 0 aliphatic heterocycles. The van der Waals surface area contributed by atoms with Gasteiger partial charge in [-0.1, -0.05) is 0 Å². The minimum Gasteiger partial charge on any atom is -0.508 e. The molecule has 78 valence electrons. The summed E-state index contributed by atoms with van der Waals surface area (Å²) in [5.74, 6) is -0.421. The van der Waals surface area contributed by atoms with Crippen molar-refractivity contribution >= 4 is 39.6 Å². The van der Waals surface area contributed by atoms with E-state index in [-0.39, 0.29) is 5.75 Å². The summed E-state index contributed by atoms with van der Waals surface area (Å²) in [6.45, 7) is 0. The number of phenolic OH excluding ortho intramolecular Hbond substituents is 1. The number of hydrogen-bond donors (Lipinski definition) is 1. The predicted octanol–water partition coefficient (Wildman–Crippen LogP) is 1.83. The molecule has 0 aliphatic rings. The van der Waals surface area contributed by atoms with Crippen molar-refractivity contribution in [1.82, 2.24) is 4.98 Å². The van der Waals surface area contributed by atoms with Crippen LogP contribution < -0.4 is 4.67 Å². The summed E-state index contributed by atoms with van der Waals surface area (Å²) in [6, 6.07) is 6.60. The van der Waals surface area contributed by atoms with Gasteiger partial charge in [-0.2, -0.15) is 0 Å². The van der Waals surface area contributed by atoms with E-state index in [1.807, 2.05) is 0 Å². The summed E-state index contributed by atoms with van der Waals surface area (Å²) in [5.41, 5.74) is 1.24. The molecule has 1 aromatic heterocycles. The molecule has 0 saturated heterocycles. The van der Waals surface area contributed by atoms with Gasteiger partial charge in [0.15, 0.2) is 5.81 Å². The van der Waals surface area contributed by atoms with E-state index in [9.17, 15) is 9.90 Å². The Morgan fingerprint density at radius 1 is 1.44 bits per heavy atom. The summed E-state index contributed by atoms with van der Waals surface area (Å²) in [6.07, 6.45) is 1.51. The number of anilines is 1. The number of carbonyl (C=O) groups is 1. The summed E-state index contributed by atoms with van der Waals surface area (Å²) in [5, 5.41) is 10.1. The highest BCUT2D eigenvalue weighted by molar-refractivity contribution is 7.22. The third-order valence-corrected chi connectivity index (χ3v) is 2.72. The maximum atomic E-state index is 10.9. The van der Waals surface area contributed by atoms with Crippen LogP contribution in [0.2, 0.25) is 0 Å². The summed E-state index contributed by atoms with van der Waals surface area (Å²) in [4.78, 5) is 15.1. The highest BCUT2D eigenvalue weighted by atomic mass is 31.0. The quantitative estimate of drug-likeness (QED) is 0.600. The summed E-state index contributed by atoms with van der Waals surface area (Å²) in [7, 11) is 7.35. The lowest BCUT2D eigenvalue weighted by molar-refractivity contribution is 0.267. The molecule has 6 heteroatoms. The normalized spacial score (nSPS) is 10.3. The Kier molecular flexibility index (Phi) is 2.79. The number of aromatic hydroxyl groups is 1. The van der Waals surface area contributed by atoms with E-state index in [0.29, 0.717) is 11.2 Å². The van der Waals surface area contributed by atoms with Gasteiger partial charge in [0.1, 0.15) is 5.75 Å². The molecule has 1 aromatic carbocycles. The minimum absolute atomic E-state index is 0.158. The number of benzene rings is 1. The van der Waals surface area contributed by atoms with Crippen molar-refractivity contribution in [2.45, 2.75) is 0 Å². The van der Waals surface area contributed by atoms with Crippen LogP contribution in [0, 0.1) is 0 Å². The SMILES string of the molecule is [B]C(=O)N(P)c1cnc2cc(O)ccc2c1. The van der Waals surface area contributed by atoms with Gasteiger partial charge in [-0.15, -0.1) is 0 Å². The zero-order valence-electron chi connectivity index (χ0n) is 8.29. The molecule has 1 heterocycles. The predicted molar refractivity (Wildman–Crippen MR) is 66.7 cm³/mol. The van der Waals surface area contributed by atoms with E-state index < -0.39 is 5.81 Å². The van der Waals surface area contributed by atoms with E-state index >= 15 is 0 Å². The van der Waals surface area contributed by atoms with Gasteiger partial charge >= 0.3 is 0 Å². The second kappa shape index (κ2) is 4.10. The van der Waals surface area contributed by atoms with Crippen LogP contribution in [-0.2, 0) is 0 Å². The van der Waals surface area contributed by atoms with Crippen LogP contribution in [0.4, 0.5) is 10.5 Å². The van der Waals surface area contributed by atoms with Gasteiger partial charge in [-0.05, 0) is 27.6 Å². The second-order valence-corrected chi connectivity index (χ2v) is 3.80. The van der Waals surface area contributed by atoms with E-state index in [2.05, 4.69) is 14.4 Å². The first kappa shape index (κ1) is 10.9. The Morgan fingerprint density at radius 2 is 2.19 bits per heavy atom. The molecule has 0 bridgehead atoms. The molecule has 2 radical (unpaired) electrons. The molecule has 0 spiro atoms. The van der Waals surface area contributed by atoms with Crippen LogP contribution in [0.1, 0.15) is 0 Å². The summed E-state index contributed by atoms with van der Waals surface area (Å²) >= 11 is 0. The van der Waals surface area contributed by atoms with Crippen LogP contribution in [0.5, 0.6) is 5.75 Å². The van der Waals surface area contributed by atoms with Crippen molar-refractivity contribution in [2.24, 2.45) is 0 Å². The van der Waals surface area contributed by atoms with Crippen molar-refractivity contribution < 1.29 is 9.90 Å². The van der Waals surface area contributed by atoms with E-state index in [0.717, 1.165) is 5.39 Å². The van der Waals surface area contributed by atoms with Crippen molar-refractivity contribution in [3.8, 4) is 5.75 Å². The van der Waals surface area contributed by atoms with Crippen LogP contribution >= 0.6 is 9.39 Å². The average Bonchev–Trinajstić information content (AvgIpc) is 2.27. The zero-order valence-corrected chi connectivity index (χ0v) is 9.45. The molecular formula is C10H8BN2O2P. The van der Waals surface area contributed by atoms with Crippen molar-refractivity contribution in [3.63, 3.8) is 0 Å². The third-order valence-electron chi connectivity index (χ3n) is 2.17. The van der Waals surface area contributed by atoms with E-state index in [4.69, 9.17) is 7.85 Å². The topological polar surface area (TPSA) is 53.4 Å². The fourth-order valence-corrected chi connectivity index (χ4v) is 1.50. The third kappa shape index (κ3) is 2.00. The van der Waals surface area contributed by atoms with Gasteiger partial charge < -0.3 is 9.78 Å². The number of hydrogen-bond acceptors (Lipinski definition) is 3. The fourth-order valence-electron chi connectivity index (χ4n) is 1.36. The molecule has 1 atom stereocenters. The first-order chi connectivity index (χ1) is 7.58. The maximum absolute atomic E-state index is 10.9. The molecule has 16 heavy (non-hydrogen) atoms. The molecule has 0 fully saturated rings. The van der Waals surface area contributed by atoms with Gasteiger partial charge in [-0.25, -0.2) is 0 Å². The standard InChI is InChI=1S/C10H8BN2O2P/c11-10(15)13(16)7-3-6-1-2-8(14)4-9(6)12-5-7/h1-5,14H,16H2. The monoisotopic (exact) mass is 230 g/mol. The minimum atomic E-state index is -0.579. The molecule has 1 amide bonds. The van der Waals surface area contributed by atoms with Crippen LogP contribution in [-0.4, -0.2) is 23.7 Å². The Labute approximate surface area is 96.0 Å². The lowest BCUT2D eigenvalue weighted by atomic mass is 10.1. The maximum Gasteiger partial charge on any atom is 0.201 e. The number of carbonyl (C=O) groups excluding carboxylic acids is 1. The first-order valence-corrected chi connectivity index (χ1v) is 5.02. The van der Waals surface area contributed by atoms with Crippen molar-refractivity contribution in [2.75, 3.05) is 4.67 Å². The highest BCUT2D eigenvalue weighted by Gasteiger charge is 2.06. The molecular weight excluding hydrogens is 222 g/mol. The molecule has 0 aliphatic carbocycles. The van der Waals surface area contributed by atoms with Gasteiger partial charge in [0.2, 0.25) is 7.85 Å². The van der Waals surface area contributed by atoms with Gasteiger partial charge in [-0.3, -0.25) is 9.78 Å². The average molecular weight is 230 g/mol. The van der Waals surface area contributed by atoms with Gasteiger partial charge in [0.25, 0.3) is 0 Å². The number of amides is 1. The van der Waals surface area contributed by atoms with Crippen molar-refractivity contribution in [3.05, 3.63) is 30.5 Å². The molecule has 1 N–H and O–H groups in total. The lowest BCUT2D eigenvalue weighted by Gasteiger charge is -2.15. The number of nitrogens with zero attached hydrogens (tertiary/aromatic N) is 2. The van der Waals surface area contributed by atoms with Crippen LogP contribution in [0.15, 0.2) is 30.5 Å². The van der Waals surface area contributed by atoms with Crippen molar-refractivity contribution in [1.29, 1.82) is 0 Å².